The maximum absolute atomic E-state index is 12.0. The molecule has 20 heavy (non-hydrogen) atoms. The minimum Gasteiger partial charge on any atom is -0.389 e. The van der Waals surface area contributed by atoms with Gasteiger partial charge in [0.15, 0.2) is 0 Å². The molecule has 0 aliphatic heterocycles. The summed E-state index contributed by atoms with van der Waals surface area (Å²) in [5.74, 6) is -0.268. The van der Waals surface area contributed by atoms with Crippen LogP contribution in [-0.4, -0.2) is 72.1 Å². The Kier molecular flexibility index (Phi) is 8.41. The van der Waals surface area contributed by atoms with E-state index in [1.807, 2.05) is 18.7 Å². The third kappa shape index (κ3) is 8.87. The highest BCUT2D eigenvalue weighted by molar-refractivity contribution is 5.85. The highest BCUT2D eigenvalue weighted by Crippen LogP contribution is 2.04. The van der Waals surface area contributed by atoms with Gasteiger partial charge < -0.3 is 15.3 Å². The maximum atomic E-state index is 12.0. The Morgan fingerprint density at radius 3 is 2.25 bits per heavy atom. The highest BCUT2D eigenvalue weighted by Gasteiger charge is 2.21. The molecule has 0 bridgehead atoms. The van der Waals surface area contributed by atoms with Crippen LogP contribution in [0.2, 0.25) is 0 Å². The van der Waals surface area contributed by atoms with Crippen molar-refractivity contribution in [1.82, 2.24) is 15.1 Å². The molecule has 0 saturated heterocycles. The van der Waals surface area contributed by atoms with Gasteiger partial charge in [-0.25, -0.2) is 0 Å². The summed E-state index contributed by atoms with van der Waals surface area (Å²) < 4.78 is 0. The number of amides is 2. The molecule has 0 spiro atoms. The third-order valence-electron chi connectivity index (χ3n) is 2.80. The molecule has 0 fully saturated rings. The average Bonchev–Trinajstić information content (AvgIpc) is 2.33. The van der Waals surface area contributed by atoms with Crippen molar-refractivity contribution < 1.29 is 14.7 Å². The molecule has 0 atom stereocenters. The summed E-state index contributed by atoms with van der Waals surface area (Å²) in [5, 5.41) is 12.5. The molecule has 0 heterocycles. The van der Waals surface area contributed by atoms with Gasteiger partial charge in [-0.3, -0.25) is 14.5 Å². The van der Waals surface area contributed by atoms with Crippen molar-refractivity contribution in [3.8, 4) is 0 Å². The van der Waals surface area contributed by atoms with Crippen LogP contribution in [0.25, 0.3) is 0 Å². The van der Waals surface area contributed by atoms with Crippen molar-refractivity contribution in [2.75, 3.05) is 39.8 Å². The van der Waals surface area contributed by atoms with Crippen molar-refractivity contribution in [2.24, 2.45) is 0 Å². The summed E-state index contributed by atoms with van der Waals surface area (Å²) in [6.45, 7) is 9.33. The highest BCUT2D eigenvalue weighted by atomic mass is 16.3. The van der Waals surface area contributed by atoms with Gasteiger partial charge in [0.1, 0.15) is 0 Å². The van der Waals surface area contributed by atoms with Gasteiger partial charge in [0, 0.05) is 20.1 Å². The molecule has 2 N–H and O–H groups in total. The second kappa shape index (κ2) is 8.92. The lowest BCUT2D eigenvalue weighted by Crippen LogP contribution is -2.46. The first-order valence-corrected chi connectivity index (χ1v) is 7.15. The van der Waals surface area contributed by atoms with Crippen LogP contribution in [0.1, 0.15) is 34.1 Å². The summed E-state index contributed by atoms with van der Waals surface area (Å²) >= 11 is 0. The first kappa shape index (κ1) is 18.9. The van der Waals surface area contributed by atoms with E-state index < -0.39 is 5.60 Å². The lowest BCUT2D eigenvalue weighted by Gasteiger charge is -2.28. The van der Waals surface area contributed by atoms with Crippen LogP contribution in [0.5, 0.6) is 0 Å². The SMILES string of the molecule is CCCNC(=O)CN(C)C(=O)CN(CC)CC(C)(C)O. The lowest BCUT2D eigenvalue weighted by atomic mass is 10.1. The molecule has 0 unspecified atom stereocenters. The fourth-order valence-corrected chi connectivity index (χ4v) is 1.76. The molecular weight excluding hydrogens is 258 g/mol. The molecule has 0 saturated carbocycles. The number of carbonyl (C=O) groups excluding carboxylic acids is 2. The van der Waals surface area contributed by atoms with E-state index >= 15 is 0 Å². The number of nitrogens with one attached hydrogen (secondary N) is 1. The monoisotopic (exact) mass is 287 g/mol. The first-order chi connectivity index (χ1) is 9.19. The van der Waals surface area contributed by atoms with Crippen LogP contribution >= 0.6 is 0 Å². The molecule has 0 rings (SSSR count). The molecular formula is C14H29N3O3. The van der Waals surface area contributed by atoms with E-state index in [1.54, 1.807) is 20.9 Å². The molecule has 0 aliphatic carbocycles. The topological polar surface area (TPSA) is 72.9 Å². The summed E-state index contributed by atoms with van der Waals surface area (Å²) in [6.07, 6.45) is 0.874. The quantitative estimate of drug-likeness (QED) is 0.629. The van der Waals surface area contributed by atoms with Gasteiger partial charge in [0.05, 0.1) is 18.7 Å². The zero-order chi connectivity index (χ0) is 15.8. The van der Waals surface area contributed by atoms with Crippen LogP contribution in [0, 0.1) is 0 Å². The fourth-order valence-electron chi connectivity index (χ4n) is 1.76. The number of hydrogen-bond acceptors (Lipinski definition) is 4. The van der Waals surface area contributed by atoms with Gasteiger partial charge in [-0.05, 0) is 26.8 Å². The molecule has 118 valence electrons. The number of rotatable bonds is 9. The molecule has 2 amide bonds. The summed E-state index contributed by atoms with van der Waals surface area (Å²) in [7, 11) is 1.62. The summed E-state index contributed by atoms with van der Waals surface area (Å²) in [5.41, 5.74) is -0.840. The van der Waals surface area contributed by atoms with Crippen molar-refractivity contribution >= 4 is 11.8 Å². The average molecular weight is 287 g/mol. The van der Waals surface area contributed by atoms with E-state index in [4.69, 9.17) is 0 Å². The maximum Gasteiger partial charge on any atom is 0.239 e. The van der Waals surface area contributed by atoms with Crippen LogP contribution in [0.4, 0.5) is 0 Å². The van der Waals surface area contributed by atoms with Crippen molar-refractivity contribution in [2.45, 2.75) is 39.7 Å². The molecule has 6 nitrogen and oxygen atoms in total. The van der Waals surface area contributed by atoms with Crippen LogP contribution in [0.3, 0.4) is 0 Å². The van der Waals surface area contributed by atoms with Gasteiger partial charge in [-0.2, -0.15) is 0 Å². The minimum absolute atomic E-state index is 0.0684. The Balaban J connectivity index is 4.26. The second-order valence-corrected chi connectivity index (χ2v) is 5.72. The van der Waals surface area contributed by atoms with Gasteiger partial charge in [-0.1, -0.05) is 13.8 Å². The van der Waals surface area contributed by atoms with E-state index in [0.717, 1.165) is 6.42 Å². The Labute approximate surface area is 122 Å². The van der Waals surface area contributed by atoms with E-state index in [9.17, 15) is 14.7 Å². The predicted octanol–water partition coefficient (Wildman–Crippen LogP) is 0.0638. The van der Waals surface area contributed by atoms with Crippen LogP contribution in [-0.2, 0) is 9.59 Å². The third-order valence-corrected chi connectivity index (χ3v) is 2.80. The summed E-state index contributed by atoms with van der Waals surface area (Å²) in [4.78, 5) is 26.9. The van der Waals surface area contributed by atoms with Gasteiger partial charge in [0.2, 0.25) is 11.8 Å². The molecule has 0 aromatic carbocycles. The smallest absolute Gasteiger partial charge is 0.239 e. The predicted molar refractivity (Wildman–Crippen MR) is 79.3 cm³/mol. The summed E-state index contributed by atoms with van der Waals surface area (Å²) in [6, 6.07) is 0. The zero-order valence-electron chi connectivity index (χ0n) is 13.4. The van der Waals surface area contributed by atoms with Crippen molar-refractivity contribution in [3.63, 3.8) is 0 Å². The van der Waals surface area contributed by atoms with E-state index in [2.05, 4.69) is 5.32 Å². The number of aliphatic hydroxyl groups is 1. The number of hydrogen-bond donors (Lipinski definition) is 2. The number of nitrogens with zero attached hydrogens (tertiary/aromatic N) is 2. The second-order valence-electron chi connectivity index (χ2n) is 5.72. The zero-order valence-corrected chi connectivity index (χ0v) is 13.4. The Morgan fingerprint density at radius 2 is 1.80 bits per heavy atom. The fraction of sp³-hybridized carbons (Fsp3) is 0.857. The van der Waals surface area contributed by atoms with Crippen LogP contribution in [0.15, 0.2) is 0 Å². The van der Waals surface area contributed by atoms with Crippen molar-refractivity contribution in [1.29, 1.82) is 0 Å². The van der Waals surface area contributed by atoms with E-state index in [1.165, 1.54) is 4.90 Å². The number of likely N-dealkylation sites (N-methyl/N-ethyl adjacent to an activating group) is 2. The number of carbonyl (C=O) groups is 2. The van der Waals surface area contributed by atoms with Crippen LogP contribution < -0.4 is 5.32 Å². The first-order valence-electron chi connectivity index (χ1n) is 7.15. The van der Waals surface area contributed by atoms with Gasteiger partial charge >= 0.3 is 0 Å². The Bertz CT molecular complexity index is 313. The Hall–Kier alpha value is -1.14. The standard InChI is InChI=1S/C14H29N3O3/c1-6-8-15-12(18)9-16(5)13(19)10-17(7-2)11-14(3,4)20/h20H,6-11H2,1-5H3,(H,15,18). The molecule has 0 aliphatic rings. The normalized spacial score (nSPS) is 11.6. The Morgan fingerprint density at radius 1 is 1.20 bits per heavy atom. The minimum atomic E-state index is -0.840. The van der Waals surface area contributed by atoms with Gasteiger partial charge in [0.25, 0.3) is 0 Å². The van der Waals surface area contributed by atoms with Gasteiger partial charge in [-0.15, -0.1) is 0 Å². The lowest BCUT2D eigenvalue weighted by molar-refractivity contribution is -0.136. The van der Waals surface area contributed by atoms with Crippen molar-refractivity contribution in [3.05, 3.63) is 0 Å². The molecule has 0 aromatic heterocycles. The van der Waals surface area contributed by atoms with E-state index in [-0.39, 0.29) is 24.9 Å². The molecule has 0 aromatic rings. The van der Waals surface area contributed by atoms with E-state index in [0.29, 0.717) is 19.6 Å². The molecule has 6 heteroatoms. The molecule has 0 radical (unpaired) electrons. The largest absolute Gasteiger partial charge is 0.389 e.